The molecule has 0 radical (unpaired) electrons. The highest BCUT2D eigenvalue weighted by atomic mass is 16.6. The fourth-order valence-corrected chi connectivity index (χ4v) is 6.24. The fraction of sp³-hybridized carbons (Fsp3) is 0.740. The van der Waals surface area contributed by atoms with Crippen LogP contribution < -0.4 is 0 Å². The van der Waals surface area contributed by atoms with Crippen molar-refractivity contribution in [3.05, 3.63) is 60.8 Å². The van der Waals surface area contributed by atoms with Crippen LogP contribution in [0.2, 0.25) is 0 Å². The van der Waals surface area contributed by atoms with Crippen LogP contribution in [0.5, 0.6) is 0 Å². The van der Waals surface area contributed by atoms with E-state index >= 15 is 0 Å². The first-order chi connectivity index (χ1) is 27.5. The predicted molar refractivity (Wildman–Crippen MR) is 238 cm³/mol. The molecule has 0 N–H and O–H groups in total. The summed E-state index contributed by atoms with van der Waals surface area (Å²) in [5, 5.41) is 0. The Morgan fingerprint density at radius 1 is 0.375 bits per heavy atom. The van der Waals surface area contributed by atoms with E-state index in [1.165, 1.54) is 77.0 Å². The predicted octanol–water partition coefficient (Wildman–Crippen LogP) is 14.9. The van der Waals surface area contributed by atoms with Gasteiger partial charge in [0.1, 0.15) is 13.2 Å². The van der Waals surface area contributed by atoms with E-state index in [2.05, 4.69) is 81.5 Å². The van der Waals surface area contributed by atoms with Gasteiger partial charge in [-0.05, 0) is 77.0 Å². The highest BCUT2D eigenvalue weighted by Crippen LogP contribution is 2.14. The number of esters is 3. The molecule has 1 atom stereocenters. The van der Waals surface area contributed by atoms with Gasteiger partial charge in [0.25, 0.3) is 0 Å². The molecule has 0 aromatic rings. The van der Waals surface area contributed by atoms with E-state index in [0.717, 1.165) is 103 Å². The topological polar surface area (TPSA) is 78.9 Å². The third-order valence-corrected chi connectivity index (χ3v) is 9.76. The molecule has 0 fully saturated rings. The van der Waals surface area contributed by atoms with Gasteiger partial charge >= 0.3 is 17.9 Å². The smallest absolute Gasteiger partial charge is 0.306 e. The van der Waals surface area contributed by atoms with E-state index in [4.69, 9.17) is 14.2 Å². The molecule has 6 nitrogen and oxygen atoms in total. The van der Waals surface area contributed by atoms with Crippen molar-refractivity contribution in [3.63, 3.8) is 0 Å². The number of rotatable bonds is 41. The number of hydrogen-bond acceptors (Lipinski definition) is 6. The molecule has 0 spiro atoms. The first-order valence-corrected chi connectivity index (χ1v) is 23.3. The standard InChI is InChI=1S/C50H86O6/c1-4-7-10-13-16-19-22-23-24-25-26-29-31-34-37-40-43-49(52)55-46-47(56-50(53)44-41-38-35-32-28-21-18-15-12-9-6-3)45-54-48(51)42-39-36-33-30-27-20-17-14-11-8-5-2/h7,10,15-16,18-19,23-24,26,29,47H,4-6,8-9,11-14,17,20-22,25,27-28,30-46H2,1-3H3/b10-7-,18-15-,19-16-,24-23-,29-26-. The van der Waals surface area contributed by atoms with E-state index in [-0.39, 0.29) is 31.1 Å². The van der Waals surface area contributed by atoms with Gasteiger partial charge in [0.05, 0.1) is 0 Å². The van der Waals surface area contributed by atoms with Crippen LogP contribution >= 0.6 is 0 Å². The molecule has 56 heavy (non-hydrogen) atoms. The molecular formula is C50H86O6. The summed E-state index contributed by atoms with van der Waals surface area (Å²) in [6, 6.07) is 0. The summed E-state index contributed by atoms with van der Waals surface area (Å²) < 4.78 is 16.7. The van der Waals surface area contributed by atoms with Crippen LogP contribution in [0, 0.1) is 0 Å². The summed E-state index contributed by atoms with van der Waals surface area (Å²) in [5.74, 6) is -0.932. The molecule has 0 saturated carbocycles. The summed E-state index contributed by atoms with van der Waals surface area (Å²) in [6.45, 7) is 6.43. The second-order valence-electron chi connectivity index (χ2n) is 15.3. The van der Waals surface area contributed by atoms with Gasteiger partial charge in [-0.1, -0.05) is 184 Å². The first kappa shape index (κ1) is 53.1. The molecule has 0 rings (SSSR count). The largest absolute Gasteiger partial charge is 0.462 e. The number of unbranched alkanes of at least 4 members (excludes halogenated alkanes) is 20. The molecule has 0 aliphatic rings. The van der Waals surface area contributed by atoms with Crippen molar-refractivity contribution in [2.45, 2.75) is 226 Å². The summed E-state index contributed by atoms with van der Waals surface area (Å²) in [6.07, 6.45) is 53.4. The van der Waals surface area contributed by atoms with Gasteiger partial charge in [0.2, 0.25) is 0 Å². The summed E-state index contributed by atoms with van der Waals surface area (Å²) in [5.41, 5.74) is 0. The van der Waals surface area contributed by atoms with Crippen LogP contribution in [0.25, 0.3) is 0 Å². The van der Waals surface area contributed by atoms with Gasteiger partial charge in [-0.3, -0.25) is 14.4 Å². The van der Waals surface area contributed by atoms with Crippen LogP contribution in [0.15, 0.2) is 60.8 Å². The first-order valence-electron chi connectivity index (χ1n) is 23.3. The van der Waals surface area contributed by atoms with E-state index < -0.39 is 6.10 Å². The van der Waals surface area contributed by atoms with Crippen molar-refractivity contribution in [2.75, 3.05) is 13.2 Å². The Labute approximate surface area is 345 Å². The van der Waals surface area contributed by atoms with Gasteiger partial charge in [0.15, 0.2) is 6.10 Å². The third-order valence-electron chi connectivity index (χ3n) is 9.76. The van der Waals surface area contributed by atoms with Crippen LogP contribution in [0.1, 0.15) is 220 Å². The Kier molecular flexibility index (Phi) is 42.5. The lowest BCUT2D eigenvalue weighted by atomic mass is 10.1. The number of carbonyl (C=O) groups is 3. The maximum Gasteiger partial charge on any atom is 0.306 e. The van der Waals surface area contributed by atoms with Crippen molar-refractivity contribution < 1.29 is 28.6 Å². The monoisotopic (exact) mass is 783 g/mol. The SMILES string of the molecule is CC/C=C\C/C=C\C/C=C\C/C=C\CCCCCC(=O)OCC(COC(=O)CCCCCCCCCCCCC)OC(=O)CCCCCCC/C=C\CCCC. The van der Waals surface area contributed by atoms with Crippen molar-refractivity contribution in [3.8, 4) is 0 Å². The van der Waals surface area contributed by atoms with E-state index in [0.29, 0.717) is 19.3 Å². The Hall–Kier alpha value is -2.89. The van der Waals surface area contributed by atoms with Crippen LogP contribution in [0.4, 0.5) is 0 Å². The maximum absolute atomic E-state index is 12.7. The molecule has 0 saturated heterocycles. The summed E-state index contributed by atoms with van der Waals surface area (Å²) in [4.78, 5) is 37.7. The second kappa shape index (κ2) is 44.8. The zero-order valence-corrected chi connectivity index (χ0v) is 36.6. The van der Waals surface area contributed by atoms with E-state index in [1.54, 1.807) is 0 Å². The molecule has 0 aliphatic heterocycles. The Morgan fingerprint density at radius 2 is 0.714 bits per heavy atom. The average molecular weight is 783 g/mol. The molecule has 0 bridgehead atoms. The van der Waals surface area contributed by atoms with Crippen molar-refractivity contribution in [2.24, 2.45) is 0 Å². The Balaban J connectivity index is 4.42. The molecule has 0 aliphatic carbocycles. The minimum Gasteiger partial charge on any atom is -0.462 e. The lowest BCUT2D eigenvalue weighted by Gasteiger charge is -2.18. The number of carbonyl (C=O) groups excluding carboxylic acids is 3. The van der Waals surface area contributed by atoms with Gasteiger partial charge in [-0.15, -0.1) is 0 Å². The lowest BCUT2D eigenvalue weighted by Crippen LogP contribution is -2.30. The van der Waals surface area contributed by atoms with Crippen LogP contribution in [-0.2, 0) is 28.6 Å². The second-order valence-corrected chi connectivity index (χ2v) is 15.3. The van der Waals surface area contributed by atoms with Crippen LogP contribution in [-0.4, -0.2) is 37.2 Å². The summed E-state index contributed by atoms with van der Waals surface area (Å²) >= 11 is 0. The molecule has 0 heterocycles. The minimum atomic E-state index is -0.787. The molecule has 322 valence electrons. The minimum absolute atomic E-state index is 0.0868. The van der Waals surface area contributed by atoms with Gasteiger partial charge in [-0.2, -0.15) is 0 Å². The number of ether oxygens (including phenoxy) is 3. The molecule has 0 aromatic heterocycles. The quantitative estimate of drug-likeness (QED) is 0.0266. The zero-order chi connectivity index (χ0) is 40.8. The van der Waals surface area contributed by atoms with Gasteiger partial charge in [-0.25, -0.2) is 0 Å². The van der Waals surface area contributed by atoms with Gasteiger partial charge in [0, 0.05) is 19.3 Å². The maximum atomic E-state index is 12.7. The van der Waals surface area contributed by atoms with Crippen molar-refractivity contribution in [1.82, 2.24) is 0 Å². The normalized spacial score (nSPS) is 12.6. The van der Waals surface area contributed by atoms with Crippen molar-refractivity contribution in [1.29, 1.82) is 0 Å². The molecular weight excluding hydrogens is 697 g/mol. The highest BCUT2D eigenvalue weighted by molar-refractivity contribution is 5.71. The molecule has 6 heteroatoms. The Morgan fingerprint density at radius 3 is 1.18 bits per heavy atom. The third kappa shape index (κ3) is 42.3. The lowest BCUT2D eigenvalue weighted by molar-refractivity contribution is -0.167. The fourth-order valence-electron chi connectivity index (χ4n) is 6.24. The summed E-state index contributed by atoms with van der Waals surface area (Å²) in [7, 11) is 0. The van der Waals surface area contributed by atoms with Gasteiger partial charge < -0.3 is 14.2 Å². The van der Waals surface area contributed by atoms with Crippen molar-refractivity contribution >= 4 is 17.9 Å². The molecule has 0 aromatic carbocycles. The molecule has 1 unspecified atom stereocenters. The van der Waals surface area contributed by atoms with Crippen LogP contribution in [0.3, 0.4) is 0 Å². The average Bonchev–Trinajstić information content (AvgIpc) is 3.19. The van der Waals surface area contributed by atoms with E-state index in [9.17, 15) is 14.4 Å². The highest BCUT2D eigenvalue weighted by Gasteiger charge is 2.19. The number of allylic oxidation sites excluding steroid dienone is 10. The van der Waals surface area contributed by atoms with E-state index in [1.807, 2.05) is 0 Å². The zero-order valence-electron chi connectivity index (χ0n) is 36.6. The number of hydrogen-bond donors (Lipinski definition) is 0. The molecule has 0 amide bonds. The Bertz CT molecular complexity index is 1040.